The van der Waals surface area contributed by atoms with Crippen LogP contribution in [0.25, 0.3) is 0 Å². The molecule has 184 valence electrons. The number of ketones is 1. The fraction of sp³-hybridized carbons (Fsp3) is 0.571. The summed E-state index contributed by atoms with van der Waals surface area (Å²) in [5.41, 5.74) is 3.45. The number of carbonyl (C=O) groups is 1. The molecule has 0 saturated carbocycles. The fourth-order valence-corrected chi connectivity index (χ4v) is 5.03. The van der Waals surface area contributed by atoms with Crippen molar-refractivity contribution in [3.8, 4) is 5.75 Å². The van der Waals surface area contributed by atoms with Gasteiger partial charge in [0, 0.05) is 37.5 Å². The van der Waals surface area contributed by atoms with Crippen molar-refractivity contribution in [2.45, 2.75) is 77.5 Å². The van der Waals surface area contributed by atoms with E-state index in [1.54, 1.807) is 6.92 Å². The van der Waals surface area contributed by atoms with Crippen molar-refractivity contribution in [1.29, 1.82) is 0 Å². The van der Waals surface area contributed by atoms with Crippen molar-refractivity contribution < 1.29 is 14.3 Å². The predicted octanol–water partition coefficient (Wildman–Crippen LogP) is 4.97. The van der Waals surface area contributed by atoms with Gasteiger partial charge in [-0.15, -0.1) is 0 Å². The zero-order valence-corrected chi connectivity index (χ0v) is 20.9. The molecule has 3 heterocycles. The highest BCUT2D eigenvalue weighted by molar-refractivity contribution is 5.83. The standard InChI is InChI=1S/C28H39N3O3/c1-20(2)34-26-12-5-4-11-25(26)27(21(3)32)31-17-15-24(19-31)33-18-7-6-10-23-14-13-22-9-8-16-29-28(22)30-23/h4-5,11-14,20,24,27H,6-10,15-19H2,1-3H3,(H,29,30)/t24-,27+/m1/s1. The minimum atomic E-state index is -0.285. The second-order valence-electron chi connectivity index (χ2n) is 9.79. The van der Waals surface area contributed by atoms with Crippen LogP contribution in [-0.4, -0.2) is 54.1 Å². The van der Waals surface area contributed by atoms with Gasteiger partial charge in [-0.05, 0) is 77.0 Å². The minimum absolute atomic E-state index is 0.0659. The minimum Gasteiger partial charge on any atom is -0.491 e. The van der Waals surface area contributed by atoms with Gasteiger partial charge in [0.15, 0.2) is 5.78 Å². The first-order chi connectivity index (χ1) is 16.5. The van der Waals surface area contributed by atoms with Gasteiger partial charge in [0.05, 0.1) is 18.2 Å². The van der Waals surface area contributed by atoms with Crippen LogP contribution in [0, 0.1) is 0 Å². The van der Waals surface area contributed by atoms with E-state index in [4.69, 9.17) is 14.5 Å². The maximum Gasteiger partial charge on any atom is 0.151 e. The SMILES string of the molecule is CC(=O)[C@@H](c1ccccc1OC(C)C)N1CC[C@@H](OCCCCc2ccc3c(n2)NCCC3)C1. The molecular weight excluding hydrogens is 426 g/mol. The number of carbonyl (C=O) groups excluding carboxylic acids is 1. The van der Waals surface area contributed by atoms with Crippen LogP contribution in [-0.2, 0) is 22.4 Å². The summed E-state index contributed by atoms with van der Waals surface area (Å²) < 4.78 is 12.2. The molecule has 2 aliphatic heterocycles. The molecule has 0 bridgehead atoms. The number of rotatable bonds is 11. The molecule has 6 nitrogen and oxygen atoms in total. The van der Waals surface area contributed by atoms with E-state index in [1.807, 2.05) is 38.1 Å². The summed E-state index contributed by atoms with van der Waals surface area (Å²) in [6.45, 7) is 9.11. The molecule has 1 N–H and O–H groups in total. The third-order valence-corrected chi connectivity index (χ3v) is 6.64. The fourth-order valence-electron chi connectivity index (χ4n) is 5.03. The van der Waals surface area contributed by atoms with Gasteiger partial charge in [-0.1, -0.05) is 24.3 Å². The number of nitrogens with one attached hydrogen (secondary N) is 1. The van der Waals surface area contributed by atoms with E-state index in [0.717, 1.165) is 81.2 Å². The summed E-state index contributed by atoms with van der Waals surface area (Å²) in [6, 6.07) is 12.0. The number of ether oxygens (including phenoxy) is 2. The molecule has 0 unspecified atom stereocenters. The number of pyridine rings is 1. The molecule has 1 saturated heterocycles. The monoisotopic (exact) mass is 465 g/mol. The van der Waals surface area contributed by atoms with Gasteiger partial charge in [0.1, 0.15) is 11.6 Å². The van der Waals surface area contributed by atoms with Crippen LogP contribution in [0.1, 0.15) is 69.3 Å². The van der Waals surface area contributed by atoms with Gasteiger partial charge >= 0.3 is 0 Å². The molecule has 0 radical (unpaired) electrons. The normalized spacial score (nSPS) is 19.0. The summed E-state index contributed by atoms with van der Waals surface area (Å²) in [6.07, 6.45) is 6.57. The molecule has 0 spiro atoms. The second kappa shape index (κ2) is 11.8. The summed E-state index contributed by atoms with van der Waals surface area (Å²) in [5, 5.41) is 3.41. The zero-order chi connectivity index (χ0) is 23.9. The van der Waals surface area contributed by atoms with Crippen LogP contribution in [0.5, 0.6) is 5.75 Å². The highest BCUT2D eigenvalue weighted by Gasteiger charge is 2.33. The lowest BCUT2D eigenvalue weighted by Crippen LogP contribution is -2.33. The smallest absolute Gasteiger partial charge is 0.151 e. The van der Waals surface area contributed by atoms with Crippen molar-refractivity contribution in [2.75, 3.05) is 31.6 Å². The number of aromatic nitrogens is 1. The Morgan fingerprint density at radius 1 is 1.21 bits per heavy atom. The van der Waals surface area contributed by atoms with Crippen LogP contribution in [0.2, 0.25) is 0 Å². The summed E-state index contributed by atoms with van der Waals surface area (Å²) in [4.78, 5) is 19.7. The average molecular weight is 466 g/mol. The van der Waals surface area contributed by atoms with Gasteiger partial charge in [-0.25, -0.2) is 4.98 Å². The van der Waals surface area contributed by atoms with E-state index in [0.29, 0.717) is 0 Å². The Morgan fingerprint density at radius 2 is 2.06 bits per heavy atom. The first-order valence-corrected chi connectivity index (χ1v) is 12.9. The van der Waals surface area contributed by atoms with Crippen molar-refractivity contribution in [3.63, 3.8) is 0 Å². The molecule has 0 amide bonds. The quantitative estimate of drug-likeness (QED) is 0.473. The predicted molar refractivity (Wildman–Crippen MR) is 136 cm³/mol. The number of aryl methyl sites for hydroxylation is 2. The van der Waals surface area contributed by atoms with E-state index in [2.05, 4.69) is 22.3 Å². The molecule has 2 aromatic rings. The molecule has 1 aromatic carbocycles. The average Bonchev–Trinajstić information content (AvgIpc) is 3.27. The number of nitrogens with zero attached hydrogens (tertiary/aromatic N) is 2. The Bertz CT molecular complexity index is 962. The van der Waals surface area contributed by atoms with Crippen LogP contribution in [0.3, 0.4) is 0 Å². The van der Waals surface area contributed by atoms with Crippen molar-refractivity contribution in [1.82, 2.24) is 9.88 Å². The van der Waals surface area contributed by atoms with E-state index < -0.39 is 0 Å². The molecule has 1 fully saturated rings. The number of likely N-dealkylation sites (tertiary alicyclic amines) is 1. The zero-order valence-electron chi connectivity index (χ0n) is 20.9. The Kier molecular flexibility index (Phi) is 8.57. The highest BCUT2D eigenvalue weighted by atomic mass is 16.5. The van der Waals surface area contributed by atoms with E-state index >= 15 is 0 Å². The molecule has 34 heavy (non-hydrogen) atoms. The van der Waals surface area contributed by atoms with Crippen molar-refractivity contribution in [2.24, 2.45) is 0 Å². The number of unbranched alkanes of at least 4 members (excludes halogenated alkanes) is 1. The highest BCUT2D eigenvalue weighted by Crippen LogP contribution is 2.33. The number of anilines is 1. The molecule has 6 heteroatoms. The van der Waals surface area contributed by atoms with Gasteiger partial charge in [-0.2, -0.15) is 0 Å². The number of hydrogen-bond donors (Lipinski definition) is 1. The van der Waals surface area contributed by atoms with Crippen molar-refractivity contribution in [3.05, 3.63) is 53.2 Å². The van der Waals surface area contributed by atoms with E-state index in [1.165, 1.54) is 12.0 Å². The van der Waals surface area contributed by atoms with Crippen molar-refractivity contribution >= 4 is 11.6 Å². The molecule has 2 atom stereocenters. The van der Waals surface area contributed by atoms with Gasteiger partial charge < -0.3 is 14.8 Å². The third kappa shape index (κ3) is 6.36. The number of hydrogen-bond acceptors (Lipinski definition) is 6. The number of benzene rings is 1. The summed E-state index contributed by atoms with van der Waals surface area (Å²) >= 11 is 0. The largest absolute Gasteiger partial charge is 0.491 e. The Balaban J connectivity index is 1.24. The van der Waals surface area contributed by atoms with Crippen LogP contribution >= 0.6 is 0 Å². The molecule has 0 aliphatic carbocycles. The maximum atomic E-state index is 12.7. The van der Waals surface area contributed by atoms with Gasteiger partial charge in [0.2, 0.25) is 0 Å². The summed E-state index contributed by atoms with van der Waals surface area (Å²) in [5.74, 6) is 2.02. The van der Waals surface area contributed by atoms with Gasteiger partial charge in [-0.3, -0.25) is 9.69 Å². The van der Waals surface area contributed by atoms with E-state index in [9.17, 15) is 4.79 Å². The molecule has 1 aromatic heterocycles. The van der Waals surface area contributed by atoms with Crippen LogP contribution in [0.4, 0.5) is 5.82 Å². The maximum absolute atomic E-state index is 12.7. The topological polar surface area (TPSA) is 63.7 Å². The number of fused-ring (bicyclic) bond motifs is 1. The second-order valence-corrected chi connectivity index (χ2v) is 9.79. The third-order valence-electron chi connectivity index (χ3n) is 6.64. The first-order valence-electron chi connectivity index (χ1n) is 12.9. The molecular formula is C28H39N3O3. The lowest BCUT2D eigenvalue weighted by Gasteiger charge is -2.28. The Labute approximate surface area is 204 Å². The number of para-hydroxylation sites is 1. The lowest BCUT2D eigenvalue weighted by atomic mass is 10.0. The first kappa shape index (κ1) is 24.7. The molecule has 4 rings (SSSR count). The number of Topliss-reactive ketones (excluding diaryl/α,β-unsaturated/α-hetero) is 1. The van der Waals surface area contributed by atoms with E-state index in [-0.39, 0.29) is 24.0 Å². The van der Waals surface area contributed by atoms with Crippen LogP contribution in [0.15, 0.2) is 36.4 Å². The van der Waals surface area contributed by atoms with Gasteiger partial charge in [0.25, 0.3) is 0 Å². The van der Waals surface area contributed by atoms with Crippen LogP contribution < -0.4 is 10.1 Å². The lowest BCUT2D eigenvalue weighted by molar-refractivity contribution is -0.122. The Morgan fingerprint density at radius 3 is 2.88 bits per heavy atom. The molecule has 2 aliphatic rings. The Hall–Kier alpha value is -2.44. The summed E-state index contributed by atoms with van der Waals surface area (Å²) in [7, 11) is 0.